The summed E-state index contributed by atoms with van der Waals surface area (Å²) < 4.78 is 6.44. The summed E-state index contributed by atoms with van der Waals surface area (Å²) in [6.07, 6.45) is 2.19. The Balaban J connectivity index is 2.64. The second-order valence-electron chi connectivity index (χ2n) is 4.90. The van der Waals surface area contributed by atoms with E-state index in [1.54, 1.807) is 7.11 Å². The molecule has 1 rings (SSSR count). The van der Waals surface area contributed by atoms with Crippen LogP contribution in [0.5, 0.6) is 5.75 Å². The number of methoxy groups -OCH3 is 1. The average molecular weight is 349 g/mol. The largest absolute Gasteiger partial charge is 0.496 e. The lowest BCUT2D eigenvalue weighted by Gasteiger charge is -2.29. The molecule has 0 radical (unpaired) electrons. The Morgan fingerprint density at radius 2 is 2.00 bits per heavy atom. The minimum absolute atomic E-state index is 0.195. The third-order valence-electron chi connectivity index (χ3n) is 3.84. The zero-order chi connectivity index (χ0) is 14.3. The maximum atomic E-state index is 6.12. The molecule has 0 bridgehead atoms. The van der Waals surface area contributed by atoms with Gasteiger partial charge in [-0.2, -0.15) is 0 Å². The molecule has 0 aliphatic carbocycles. The lowest BCUT2D eigenvalue weighted by atomic mass is 9.84. The molecular formula is C15H23BrClNO. The van der Waals surface area contributed by atoms with Gasteiger partial charge < -0.3 is 10.1 Å². The number of alkyl halides is 1. The van der Waals surface area contributed by atoms with E-state index in [1.807, 2.05) is 12.1 Å². The standard InChI is InChI=1S/C15H23BrClNO/c1-4-15(5-2,10-17)11-18-9-12-8-13(16)6-7-14(12)19-3/h6-8,18H,4-5,9-11H2,1-3H3. The molecule has 108 valence electrons. The highest BCUT2D eigenvalue weighted by Crippen LogP contribution is 2.28. The molecule has 1 aromatic rings. The number of hydrogen-bond donors (Lipinski definition) is 1. The normalized spacial score (nSPS) is 11.6. The van der Waals surface area contributed by atoms with Gasteiger partial charge in [0.25, 0.3) is 0 Å². The minimum Gasteiger partial charge on any atom is -0.496 e. The van der Waals surface area contributed by atoms with Crippen molar-refractivity contribution in [1.29, 1.82) is 0 Å². The summed E-state index contributed by atoms with van der Waals surface area (Å²) in [6.45, 7) is 6.13. The first-order valence-corrected chi connectivity index (χ1v) is 8.02. The van der Waals surface area contributed by atoms with Gasteiger partial charge in [0, 0.05) is 29.0 Å². The van der Waals surface area contributed by atoms with Gasteiger partial charge in [0.15, 0.2) is 0 Å². The Kier molecular flexibility index (Phi) is 7.19. The molecule has 2 nitrogen and oxygen atoms in total. The van der Waals surface area contributed by atoms with Gasteiger partial charge in [0.2, 0.25) is 0 Å². The van der Waals surface area contributed by atoms with Crippen molar-refractivity contribution >= 4 is 27.5 Å². The van der Waals surface area contributed by atoms with E-state index in [4.69, 9.17) is 16.3 Å². The van der Waals surface area contributed by atoms with Crippen LogP contribution in [0.4, 0.5) is 0 Å². The topological polar surface area (TPSA) is 21.3 Å². The highest BCUT2D eigenvalue weighted by atomic mass is 79.9. The van der Waals surface area contributed by atoms with Crippen LogP contribution >= 0.6 is 27.5 Å². The molecule has 0 unspecified atom stereocenters. The van der Waals surface area contributed by atoms with E-state index < -0.39 is 0 Å². The first-order valence-electron chi connectivity index (χ1n) is 6.70. The first kappa shape index (κ1) is 16.8. The molecular weight excluding hydrogens is 326 g/mol. The highest BCUT2D eigenvalue weighted by molar-refractivity contribution is 9.10. The zero-order valence-corrected chi connectivity index (χ0v) is 14.3. The SMILES string of the molecule is CCC(CC)(CCl)CNCc1cc(Br)ccc1OC. The molecule has 0 aliphatic heterocycles. The number of rotatable bonds is 8. The van der Waals surface area contributed by atoms with Gasteiger partial charge in [0.1, 0.15) is 5.75 Å². The van der Waals surface area contributed by atoms with E-state index in [9.17, 15) is 0 Å². The minimum atomic E-state index is 0.195. The van der Waals surface area contributed by atoms with Crippen molar-refractivity contribution in [1.82, 2.24) is 5.32 Å². The molecule has 0 aromatic heterocycles. The monoisotopic (exact) mass is 347 g/mol. The van der Waals surface area contributed by atoms with Crippen LogP contribution < -0.4 is 10.1 Å². The molecule has 0 atom stereocenters. The van der Waals surface area contributed by atoms with Gasteiger partial charge in [-0.25, -0.2) is 0 Å². The summed E-state index contributed by atoms with van der Waals surface area (Å²) in [5.74, 6) is 1.61. The molecule has 19 heavy (non-hydrogen) atoms. The number of hydrogen-bond acceptors (Lipinski definition) is 2. The van der Waals surface area contributed by atoms with E-state index in [2.05, 4.69) is 41.2 Å². The molecule has 0 fully saturated rings. The van der Waals surface area contributed by atoms with Gasteiger partial charge in [-0.3, -0.25) is 0 Å². The third-order valence-corrected chi connectivity index (χ3v) is 4.90. The lowest BCUT2D eigenvalue weighted by Crippen LogP contribution is -2.34. The van der Waals surface area contributed by atoms with Crippen LogP contribution in [-0.4, -0.2) is 19.5 Å². The highest BCUT2D eigenvalue weighted by Gasteiger charge is 2.24. The Bertz CT molecular complexity index is 385. The number of benzene rings is 1. The van der Waals surface area contributed by atoms with E-state index in [0.717, 1.165) is 41.7 Å². The molecule has 1 aromatic carbocycles. The molecule has 0 aliphatic rings. The van der Waals surface area contributed by atoms with Gasteiger partial charge >= 0.3 is 0 Å². The molecule has 0 saturated heterocycles. The van der Waals surface area contributed by atoms with Crippen molar-refractivity contribution in [2.45, 2.75) is 33.2 Å². The van der Waals surface area contributed by atoms with E-state index in [-0.39, 0.29) is 5.41 Å². The second-order valence-corrected chi connectivity index (χ2v) is 6.08. The Morgan fingerprint density at radius 3 is 2.53 bits per heavy atom. The Hall–Kier alpha value is -0.250. The summed E-state index contributed by atoms with van der Waals surface area (Å²) in [7, 11) is 1.70. The summed E-state index contributed by atoms with van der Waals surface area (Å²) in [5.41, 5.74) is 1.36. The summed E-state index contributed by atoms with van der Waals surface area (Å²) >= 11 is 9.61. The fourth-order valence-corrected chi connectivity index (χ4v) is 2.96. The van der Waals surface area contributed by atoms with Crippen LogP contribution in [-0.2, 0) is 6.54 Å². The van der Waals surface area contributed by atoms with E-state index in [0.29, 0.717) is 5.88 Å². The van der Waals surface area contributed by atoms with Crippen LogP contribution in [0.3, 0.4) is 0 Å². The van der Waals surface area contributed by atoms with Crippen molar-refractivity contribution in [2.75, 3.05) is 19.5 Å². The van der Waals surface area contributed by atoms with Crippen LogP contribution in [0.15, 0.2) is 22.7 Å². The number of nitrogens with one attached hydrogen (secondary N) is 1. The second kappa shape index (κ2) is 8.13. The van der Waals surface area contributed by atoms with Crippen molar-refractivity contribution in [3.8, 4) is 5.75 Å². The van der Waals surface area contributed by atoms with Crippen molar-refractivity contribution in [3.63, 3.8) is 0 Å². The fourth-order valence-electron chi connectivity index (χ4n) is 2.08. The van der Waals surface area contributed by atoms with Crippen molar-refractivity contribution in [3.05, 3.63) is 28.2 Å². The number of ether oxygens (including phenoxy) is 1. The Labute approximate surface area is 130 Å². The zero-order valence-electron chi connectivity index (χ0n) is 11.9. The number of halogens is 2. The average Bonchev–Trinajstić information content (AvgIpc) is 2.44. The van der Waals surface area contributed by atoms with Crippen LogP contribution in [0, 0.1) is 5.41 Å². The predicted molar refractivity (Wildman–Crippen MR) is 86.1 cm³/mol. The van der Waals surface area contributed by atoms with Crippen molar-refractivity contribution in [2.24, 2.45) is 5.41 Å². The first-order chi connectivity index (χ1) is 9.10. The van der Waals surface area contributed by atoms with E-state index >= 15 is 0 Å². The van der Waals surface area contributed by atoms with E-state index in [1.165, 1.54) is 0 Å². The molecule has 0 spiro atoms. The fraction of sp³-hybridized carbons (Fsp3) is 0.600. The molecule has 1 N–H and O–H groups in total. The van der Waals surface area contributed by atoms with Crippen molar-refractivity contribution < 1.29 is 4.74 Å². The molecule has 0 heterocycles. The summed E-state index contributed by atoms with van der Waals surface area (Å²) in [5, 5.41) is 3.51. The molecule has 4 heteroatoms. The smallest absolute Gasteiger partial charge is 0.123 e. The summed E-state index contributed by atoms with van der Waals surface area (Å²) in [6, 6.07) is 6.06. The third kappa shape index (κ3) is 4.66. The van der Waals surface area contributed by atoms with Crippen LogP contribution in [0.25, 0.3) is 0 Å². The predicted octanol–water partition coefficient (Wildman–Crippen LogP) is 4.59. The lowest BCUT2D eigenvalue weighted by molar-refractivity contribution is 0.285. The quantitative estimate of drug-likeness (QED) is 0.694. The van der Waals surface area contributed by atoms with Gasteiger partial charge in [0.05, 0.1) is 7.11 Å². The van der Waals surface area contributed by atoms with Crippen LogP contribution in [0.1, 0.15) is 32.3 Å². The molecule has 0 saturated carbocycles. The van der Waals surface area contributed by atoms with Gasteiger partial charge in [-0.15, -0.1) is 11.6 Å². The van der Waals surface area contributed by atoms with Gasteiger partial charge in [-0.1, -0.05) is 29.8 Å². The van der Waals surface area contributed by atoms with Crippen LogP contribution in [0.2, 0.25) is 0 Å². The maximum absolute atomic E-state index is 6.12. The molecule has 0 amide bonds. The maximum Gasteiger partial charge on any atom is 0.123 e. The Morgan fingerprint density at radius 1 is 1.32 bits per heavy atom. The van der Waals surface area contributed by atoms with Gasteiger partial charge in [-0.05, 0) is 36.5 Å². The summed E-state index contributed by atoms with van der Waals surface area (Å²) in [4.78, 5) is 0.